The van der Waals surface area contributed by atoms with Crippen LogP contribution in [0.4, 0.5) is 0 Å². The fourth-order valence-electron chi connectivity index (χ4n) is 3.03. The summed E-state index contributed by atoms with van der Waals surface area (Å²) in [6.07, 6.45) is 1.36. The van der Waals surface area contributed by atoms with E-state index < -0.39 is 29.0 Å². The summed E-state index contributed by atoms with van der Waals surface area (Å²) < 4.78 is 4.75. The summed E-state index contributed by atoms with van der Waals surface area (Å²) >= 11 is 0. The van der Waals surface area contributed by atoms with Crippen LogP contribution in [0.2, 0.25) is 0 Å². The Labute approximate surface area is 130 Å². The zero-order chi connectivity index (χ0) is 16.9. The monoisotopic (exact) mass is 311 g/mol. The van der Waals surface area contributed by atoms with Crippen LogP contribution >= 0.6 is 0 Å². The van der Waals surface area contributed by atoms with Crippen LogP contribution in [0.1, 0.15) is 40.0 Å². The van der Waals surface area contributed by atoms with Gasteiger partial charge in [-0.15, -0.1) is 0 Å². The Balaban J connectivity index is 3.21. The van der Waals surface area contributed by atoms with Crippen molar-refractivity contribution in [2.75, 3.05) is 20.3 Å². The van der Waals surface area contributed by atoms with Crippen LogP contribution in [-0.4, -0.2) is 48.6 Å². The predicted molar refractivity (Wildman–Crippen MR) is 81.7 cm³/mol. The number of aliphatic hydroxyl groups excluding tert-OH is 1. The molecule has 0 radical (unpaired) electrons. The Hall–Kier alpha value is -1.56. The first-order chi connectivity index (χ1) is 10.3. The highest BCUT2D eigenvalue weighted by molar-refractivity contribution is 6.26. The number of carbonyl (C=O) groups excluding carboxylic acids is 3. The van der Waals surface area contributed by atoms with Crippen LogP contribution in [0.3, 0.4) is 0 Å². The summed E-state index contributed by atoms with van der Waals surface area (Å²) in [7, 11) is 1.24. The molecule has 124 valence electrons. The predicted octanol–water partition coefficient (Wildman–Crippen LogP) is 1.19. The lowest BCUT2D eigenvalue weighted by molar-refractivity contribution is -0.159. The van der Waals surface area contributed by atoms with Crippen molar-refractivity contribution in [3.8, 4) is 0 Å². The van der Waals surface area contributed by atoms with Gasteiger partial charge in [0.05, 0.1) is 20.3 Å². The number of hydrogen-bond acceptors (Lipinski definition) is 6. The summed E-state index contributed by atoms with van der Waals surface area (Å²) in [5.41, 5.74) is -0.289. The minimum absolute atomic E-state index is 0.130. The average molecular weight is 311 g/mol. The van der Waals surface area contributed by atoms with Crippen molar-refractivity contribution < 1.29 is 24.2 Å². The number of ketones is 2. The Kier molecular flexibility index (Phi) is 6.41. The van der Waals surface area contributed by atoms with E-state index in [4.69, 9.17) is 9.84 Å². The largest absolute Gasteiger partial charge is 0.468 e. The Morgan fingerprint density at radius 3 is 2.55 bits per heavy atom. The van der Waals surface area contributed by atoms with Crippen LogP contribution in [0.5, 0.6) is 0 Å². The summed E-state index contributed by atoms with van der Waals surface area (Å²) in [4.78, 5) is 41.4. The maximum atomic E-state index is 12.8. The minimum Gasteiger partial charge on any atom is -0.468 e. The second kappa shape index (κ2) is 7.63. The van der Waals surface area contributed by atoms with Crippen LogP contribution < -0.4 is 0 Å². The molecule has 1 rings (SSSR count). The van der Waals surface area contributed by atoms with Crippen LogP contribution in [0, 0.1) is 17.3 Å². The first-order valence-electron chi connectivity index (χ1n) is 7.58. The highest BCUT2D eigenvalue weighted by Crippen LogP contribution is 2.40. The molecule has 1 N–H and O–H groups in total. The molecule has 6 nitrogen and oxygen atoms in total. The quantitative estimate of drug-likeness (QED) is 0.452. The van der Waals surface area contributed by atoms with Crippen LogP contribution in [0.15, 0.2) is 4.99 Å². The fourth-order valence-corrected chi connectivity index (χ4v) is 3.03. The number of ether oxygens (including phenoxy) is 1. The molecule has 0 aromatic heterocycles. The van der Waals surface area contributed by atoms with Gasteiger partial charge in [0.15, 0.2) is 5.78 Å². The molecule has 0 spiro atoms. The molecule has 1 fully saturated rings. The molecular weight excluding hydrogens is 286 g/mol. The molecule has 2 atom stereocenters. The molecule has 1 saturated carbocycles. The molecule has 22 heavy (non-hydrogen) atoms. The van der Waals surface area contributed by atoms with Gasteiger partial charge in [-0.1, -0.05) is 27.2 Å². The molecule has 0 aliphatic heterocycles. The molecule has 0 aromatic rings. The van der Waals surface area contributed by atoms with Gasteiger partial charge in [-0.3, -0.25) is 19.4 Å². The van der Waals surface area contributed by atoms with Gasteiger partial charge in [0.2, 0.25) is 0 Å². The molecule has 1 aliphatic rings. The Morgan fingerprint density at radius 2 is 2.05 bits per heavy atom. The molecule has 0 amide bonds. The normalized spacial score (nSPS) is 25.2. The third-order valence-electron chi connectivity index (χ3n) is 3.99. The van der Waals surface area contributed by atoms with Crippen LogP contribution in [-0.2, 0) is 19.1 Å². The van der Waals surface area contributed by atoms with Gasteiger partial charge in [0, 0.05) is 12.1 Å². The first-order valence-corrected chi connectivity index (χ1v) is 7.58. The summed E-state index contributed by atoms with van der Waals surface area (Å²) in [6, 6.07) is 0. The van der Waals surface area contributed by atoms with E-state index in [1.54, 1.807) is 13.8 Å². The molecule has 0 saturated heterocycles. The summed E-state index contributed by atoms with van der Waals surface area (Å²) in [5.74, 6) is -3.19. The van der Waals surface area contributed by atoms with E-state index >= 15 is 0 Å². The highest BCUT2D eigenvalue weighted by atomic mass is 16.5. The molecule has 1 unspecified atom stereocenters. The van der Waals surface area contributed by atoms with E-state index in [1.165, 1.54) is 7.11 Å². The number of rotatable bonds is 6. The van der Waals surface area contributed by atoms with Gasteiger partial charge < -0.3 is 9.84 Å². The van der Waals surface area contributed by atoms with Gasteiger partial charge in [-0.25, -0.2) is 0 Å². The number of nitrogens with zero attached hydrogens (tertiary/aromatic N) is 1. The van der Waals surface area contributed by atoms with Crippen LogP contribution in [0.25, 0.3) is 0 Å². The van der Waals surface area contributed by atoms with Crippen molar-refractivity contribution in [3.63, 3.8) is 0 Å². The zero-order valence-electron chi connectivity index (χ0n) is 13.7. The van der Waals surface area contributed by atoms with Crippen molar-refractivity contribution in [2.24, 2.45) is 22.2 Å². The van der Waals surface area contributed by atoms with E-state index in [2.05, 4.69) is 4.99 Å². The molecular formula is C16H25NO5. The third-order valence-corrected chi connectivity index (χ3v) is 3.99. The number of Topliss-reactive ketones (excluding diaryl/α,β-unsaturated/α-hetero) is 2. The molecule has 0 heterocycles. The minimum atomic E-state index is -0.983. The SMILES string of the molecule is CCCC(=NCCO)C1C(=O)CC(C)(C)[C@@H](C(=O)OC)C1=O. The molecule has 6 heteroatoms. The number of carbonyl (C=O) groups is 3. The van der Waals surface area contributed by atoms with Crippen molar-refractivity contribution in [3.05, 3.63) is 0 Å². The maximum Gasteiger partial charge on any atom is 0.316 e. The van der Waals surface area contributed by atoms with Crippen molar-refractivity contribution in [1.82, 2.24) is 0 Å². The lowest BCUT2D eigenvalue weighted by Crippen LogP contribution is -2.52. The number of aliphatic imine (C=N–C) groups is 1. The van der Waals surface area contributed by atoms with E-state index in [1.807, 2.05) is 6.92 Å². The zero-order valence-corrected chi connectivity index (χ0v) is 13.7. The second-order valence-corrected chi connectivity index (χ2v) is 6.27. The Bertz CT molecular complexity index is 481. The molecule has 0 bridgehead atoms. The standard InChI is InChI=1S/C16H25NO5/c1-5-6-10(17-7-8-18)12-11(19)9-16(2,3)13(14(12)20)15(21)22-4/h12-13,18H,5-9H2,1-4H3/t12?,13-/m1/s1. The van der Waals surface area contributed by atoms with Gasteiger partial charge in [0.25, 0.3) is 0 Å². The fraction of sp³-hybridized carbons (Fsp3) is 0.750. The van der Waals surface area contributed by atoms with Crippen molar-refractivity contribution >= 4 is 23.2 Å². The smallest absolute Gasteiger partial charge is 0.316 e. The number of methoxy groups -OCH3 is 1. The first kappa shape index (κ1) is 18.5. The Morgan fingerprint density at radius 1 is 1.41 bits per heavy atom. The molecule has 0 aromatic carbocycles. The summed E-state index contributed by atoms with van der Waals surface area (Å²) in [5, 5.41) is 8.92. The maximum absolute atomic E-state index is 12.8. The van der Waals surface area contributed by atoms with Crippen molar-refractivity contribution in [1.29, 1.82) is 0 Å². The average Bonchev–Trinajstić information content (AvgIpc) is 2.42. The van der Waals surface area contributed by atoms with E-state index in [0.29, 0.717) is 12.1 Å². The lowest BCUT2D eigenvalue weighted by Gasteiger charge is -2.38. The summed E-state index contributed by atoms with van der Waals surface area (Å²) in [6.45, 7) is 5.39. The number of esters is 1. The van der Waals surface area contributed by atoms with E-state index in [9.17, 15) is 14.4 Å². The number of aliphatic hydroxyl groups is 1. The van der Waals surface area contributed by atoms with Gasteiger partial charge >= 0.3 is 5.97 Å². The van der Waals surface area contributed by atoms with E-state index in [0.717, 1.165) is 6.42 Å². The third kappa shape index (κ3) is 3.80. The number of hydrogen-bond donors (Lipinski definition) is 1. The lowest BCUT2D eigenvalue weighted by atomic mass is 9.63. The highest BCUT2D eigenvalue weighted by Gasteiger charge is 2.52. The molecule has 1 aliphatic carbocycles. The van der Waals surface area contributed by atoms with Gasteiger partial charge in [-0.2, -0.15) is 0 Å². The second-order valence-electron chi connectivity index (χ2n) is 6.27. The van der Waals surface area contributed by atoms with Gasteiger partial charge in [0.1, 0.15) is 17.6 Å². The topological polar surface area (TPSA) is 93.0 Å². The van der Waals surface area contributed by atoms with E-state index in [-0.39, 0.29) is 25.4 Å². The van der Waals surface area contributed by atoms with Crippen molar-refractivity contribution in [2.45, 2.75) is 40.0 Å². The van der Waals surface area contributed by atoms with Gasteiger partial charge in [-0.05, 0) is 11.8 Å².